The third-order valence-corrected chi connectivity index (χ3v) is 8.03. The molecule has 2 amide bonds. The number of carbonyl (C=O) groups excluding carboxylic acids is 2. The van der Waals surface area contributed by atoms with Crippen LogP contribution in [0, 0.1) is 11.3 Å². The van der Waals surface area contributed by atoms with Crippen LogP contribution < -0.4 is 10.2 Å². The molecular weight excluding hydrogens is 525 g/mol. The van der Waals surface area contributed by atoms with E-state index in [4.69, 9.17) is 23.2 Å². The van der Waals surface area contributed by atoms with Gasteiger partial charge in [0.05, 0.1) is 15.3 Å². The normalized spacial score (nSPS) is 16.6. The SMILES string of the molecule is CC(C)c1ccc(N2C(=O)C(Cc3ccc(Cl)c(Cl)c3)S/C2=C(/C#N)C(=O)NCc2ccccc2)cc1. The van der Waals surface area contributed by atoms with Crippen LogP contribution in [0.4, 0.5) is 5.69 Å². The molecule has 1 saturated heterocycles. The first-order valence-electron chi connectivity index (χ1n) is 11.8. The predicted molar refractivity (Wildman–Crippen MR) is 150 cm³/mol. The zero-order chi connectivity index (χ0) is 26.5. The summed E-state index contributed by atoms with van der Waals surface area (Å²) in [4.78, 5) is 28.3. The molecule has 188 valence electrons. The van der Waals surface area contributed by atoms with Crippen molar-refractivity contribution >= 4 is 52.5 Å². The molecule has 1 atom stereocenters. The summed E-state index contributed by atoms with van der Waals surface area (Å²) in [5.41, 5.74) is 3.38. The largest absolute Gasteiger partial charge is 0.347 e. The zero-order valence-corrected chi connectivity index (χ0v) is 22.7. The predicted octanol–water partition coefficient (Wildman–Crippen LogP) is 6.86. The number of thioether (sulfide) groups is 1. The lowest BCUT2D eigenvalue weighted by atomic mass is 10.0. The number of nitrogens with zero attached hydrogens (tertiary/aromatic N) is 2. The number of hydrogen-bond donors (Lipinski definition) is 1. The fraction of sp³-hybridized carbons (Fsp3) is 0.207. The van der Waals surface area contributed by atoms with E-state index in [0.717, 1.165) is 16.7 Å². The van der Waals surface area contributed by atoms with Gasteiger partial charge in [0.2, 0.25) is 5.91 Å². The van der Waals surface area contributed by atoms with Crippen LogP contribution in [0.15, 0.2) is 83.4 Å². The van der Waals surface area contributed by atoms with Gasteiger partial charge in [-0.2, -0.15) is 5.26 Å². The van der Waals surface area contributed by atoms with Gasteiger partial charge in [0, 0.05) is 12.2 Å². The lowest BCUT2D eigenvalue weighted by Gasteiger charge is -2.19. The number of carbonyl (C=O) groups is 2. The number of amides is 2. The molecule has 1 aliphatic heterocycles. The Hall–Kier alpha value is -3.24. The molecule has 0 saturated carbocycles. The average molecular weight is 551 g/mol. The van der Waals surface area contributed by atoms with Gasteiger partial charge in [-0.3, -0.25) is 14.5 Å². The molecule has 0 bridgehead atoms. The summed E-state index contributed by atoms with van der Waals surface area (Å²) in [6.07, 6.45) is 0.370. The number of anilines is 1. The summed E-state index contributed by atoms with van der Waals surface area (Å²) in [6.45, 7) is 4.46. The molecule has 1 N–H and O–H groups in total. The van der Waals surface area contributed by atoms with Gasteiger partial charge in [0.15, 0.2) is 0 Å². The standard InChI is InChI=1S/C29H25Cl2N3O2S/c1-18(2)21-9-11-22(12-10-21)34-28(36)26(15-20-8-13-24(30)25(31)14-20)37-29(34)23(16-32)27(35)33-17-19-6-4-3-5-7-19/h3-14,18,26H,15,17H2,1-2H3,(H,33,35)/b29-23-. The molecule has 0 aliphatic carbocycles. The van der Waals surface area contributed by atoms with Crippen LogP contribution in [-0.2, 0) is 22.6 Å². The highest BCUT2D eigenvalue weighted by Crippen LogP contribution is 2.42. The molecule has 37 heavy (non-hydrogen) atoms. The van der Waals surface area contributed by atoms with Crippen molar-refractivity contribution in [2.24, 2.45) is 0 Å². The molecule has 3 aromatic rings. The van der Waals surface area contributed by atoms with Crippen LogP contribution in [-0.4, -0.2) is 17.1 Å². The van der Waals surface area contributed by atoms with E-state index in [2.05, 4.69) is 19.2 Å². The van der Waals surface area contributed by atoms with E-state index in [1.54, 1.807) is 12.1 Å². The monoisotopic (exact) mass is 549 g/mol. The number of nitrogens with one attached hydrogen (secondary N) is 1. The van der Waals surface area contributed by atoms with Gasteiger partial charge in [0.1, 0.15) is 16.7 Å². The zero-order valence-electron chi connectivity index (χ0n) is 20.4. The van der Waals surface area contributed by atoms with Gasteiger partial charge >= 0.3 is 0 Å². The molecule has 0 spiro atoms. The number of nitriles is 1. The Labute approximate surface area is 231 Å². The molecule has 1 unspecified atom stereocenters. The van der Waals surface area contributed by atoms with Crippen LogP contribution in [0.3, 0.4) is 0 Å². The maximum atomic E-state index is 13.7. The van der Waals surface area contributed by atoms with E-state index >= 15 is 0 Å². The molecule has 0 radical (unpaired) electrons. The van der Waals surface area contributed by atoms with Gasteiger partial charge < -0.3 is 5.32 Å². The van der Waals surface area contributed by atoms with E-state index in [1.807, 2.05) is 66.7 Å². The van der Waals surface area contributed by atoms with Crippen molar-refractivity contribution in [1.29, 1.82) is 5.26 Å². The molecular formula is C29H25Cl2N3O2S. The van der Waals surface area contributed by atoms with Crippen LogP contribution in [0.5, 0.6) is 0 Å². The van der Waals surface area contributed by atoms with Crippen molar-refractivity contribution in [2.75, 3.05) is 4.90 Å². The van der Waals surface area contributed by atoms with Crippen molar-refractivity contribution in [2.45, 2.75) is 38.0 Å². The second-order valence-electron chi connectivity index (χ2n) is 8.94. The molecule has 1 heterocycles. The first-order chi connectivity index (χ1) is 17.8. The molecule has 3 aromatic carbocycles. The van der Waals surface area contributed by atoms with E-state index in [1.165, 1.54) is 16.7 Å². The van der Waals surface area contributed by atoms with E-state index < -0.39 is 11.2 Å². The van der Waals surface area contributed by atoms with Gasteiger partial charge in [0.25, 0.3) is 5.91 Å². The number of hydrogen-bond acceptors (Lipinski definition) is 4. The molecule has 4 rings (SSSR count). The highest BCUT2D eigenvalue weighted by Gasteiger charge is 2.40. The average Bonchev–Trinajstić information content (AvgIpc) is 3.21. The summed E-state index contributed by atoms with van der Waals surface area (Å²) in [5, 5.41) is 13.4. The van der Waals surface area contributed by atoms with Crippen molar-refractivity contribution in [3.05, 3.63) is 110 Å². The Morgan fingerprint density at radius 1 is 1.03 bits per heavy atom. The van der Waals surface area contributed by atoms with Crippen molar-refractivity contribution in [3.8, 4) is 6.07 Å². The van der Waals surface area contributed by atoms with E-state index in [-0.39, 0.29) is 18.0 Å². The summed E-state index contributed by atoms with van der Waals surface area (Å²) in [7, 11) is 0. The van der Waals surface area contributed by atoms with Gasteiger partial charge in [-0.25, -0.2) is 0 Å². The Bertz CT molecular complexity index is 1380. The molecule has 1 fully saturated rings. The molecule has 5 nitrogen and oxygen atoms in total. The molecule has 0 aromatic heterocycles. The number of halogens is 2. The summed E-state index contributed by atoms with van der Waals surface area (Å²) in [6, 6.07) is 24.4. The second kappa shape index (κ2) is 11.9. The third-order valence-electron chi connectivity index (χ3n) is 6.02. The quantitative estimate of drug-likeness (QED) is 0.258. The Morgan fingerprint density at radius 3 is 2.35 bits per heavy atom. The molecule has 8 heteroatoms. The van der Waals surface area contributed by atoms with Crippen molar-refractivity contribution in [1.82, 2.24) is 5.32 Å². The first-order valence-corrected chi connectivity index (χ1v) is 13.4. The number of rotatable bonds is 7. The minimum Gasteiger partial charge on any atom is -0.347 e. The van der Waals surface area contributed by atoms with Crippen LogP contribution in [0.2, 0.25) is 10.0 Å². The first kappa shape index (κ1) is 26.8. The topological polar surface area (TPSA) is 73.2 Å². The van der Waals surface area contributed by atoms with Crippen molar-refractivity contribution in [3.63, 3.8) is 0 Å². The fourth-order valence-electron chi connectivity index (χ4n) is 3.98. The Morgan fingerprint density at radius 2 is 1.73 bits per heavy atom. The summed E-state index contributed by atoms with van der Waals surface area (Å²) < 4.78 is 0. The minimum absolute atomic E-state index is 0.0983. The van der Waals surface area contributed by atoms with Crippen LogP contribution in [0.1, 0.15) is 36.5 Å². The Kier molecular flexibility index (Phi) is 8.60. The lowest BCUT2D eigenvalue weighted by Crippen LogP contribution is -2.32. The van der Waals surface area contributed by atoms with Gasteiger partial charge in [-0.05, 0) is 53.3 Å². The third kappa shape index (κ3) is 6.19. The maximum Gasteiger partial charge on any atom is 0.264 e. The summed E-state index contributed by atoms with van der Waals surface area (Å²) >= 11 is 13.5. The van der Waals surface area contributed by atoms with Crippen LogP contribution >= 0.6 is 35.0 Å². The van der Waals surface area contributed by atoms with Crippen molar-refractivity contribution < 1.29 is 9.59 Å². The minimum atomic E-state index is -0.540. The van der Waals surface area contributed by atoms with E-state index in [0.29, 0.717) is 33.1 Å². The van der Waals surface area contributed by atoms with Crippen LogP contribution in [0.25, 0.3) is 0 Å². The van der Waals surface area contributed by atoms with E-state index in [9.17, 15) is 14.9 Å². The highest BCUT2D eigenvalue weighted by molar-refractivity contribution is 8.05. The summed E-state index contributed by atoms with van der Waals surface area (Å²) in [5.74, 6) is -0.402. The Balaban J connectivity index is 1.68. The number of benzene rings is 3. The highest BCUT2D eigenvalue weighted by atomic mass is 35.5. The van der Waals surface area contributed by atoms with Gasteiger partial charge in [-0.15, -0.1) is 0 Å². The van der Waals surface area contributed by atoms with Gasteiger partial charge in [-0.1, -0.05) is 97.3 Å². The smallest absolute Gasteiger partial charge is 0.264 e. The maximum absolute atomic E-state index is 13.7. The molecule has 1 aliphatic rings. The fourth-order valence-corrected chi connectivity index (χ4v) is 5.61. The lowest BCUT2D eigenvalue weighted by molar-refractivity contribution is -0.117. The second-order valence-corrected chi connectivity index (χ2v) is 10.9.